The molecule has 0 aliphatic carbocycles. The van der Waals surface area contributed by atoms with Gasteiger partial charge in [-0.05, 0) is 0 Å². The van der Waals surface area contributed by atoms with E-state index in [1.807, 2.05) is 60.7 Å². The van der Waals surface area contributed by atoms with Crippen LogP contribution in [0.15, 0.2) is 170 Å². The molecular formula is C46H28N4Se. The zero-order valence-electron chi connectivity index (χ0n) is 27.4. The van der Waals surface area contributed by atoms with Crippen molar-refractivity contribution in [1.82, 2.24) is 19.9 Å². The van der Waals surface area contributed by atoms with Gasteiger partial charge in [0.15, 0.2) is 0 Å². The van der Waals surface area contributed by atoms with Gasteiger partial charge in [0.2, 0.25) is 0 Å². The summed E-state index contributed by atoms with van der Waals surface area (Å²) in [7, 11) is 0. The third-order valence-electron chi connectivity index (χ3n) is 9.54. The topological polar surface area (TPSA) is 51.6 Å². The van der Waals surface area contributed by atoms with Crippen LogP contribution < -0.4 is 0 Å². The largest absolute Gasteiger partial charge is 0.0615 e. The SMILES string of the molecule is c1ccc(-c2nc(-c3ccccc3)nc(-c3cccc4c(-c5ccc6ccc7nc(-c8ccc9ccccc9c8)[se]c7c6c5)cccc34)n2)cc1. The van der Waals surface area contributed by atoms with E-state index in [1.165, 1.54) is 47.1 Å². The summed E-state index contributed by atoms with van der Waals surface area (Å²) in [6.45, 7) is 0. The number of nitrogens with zero attached hydrogens (tertiary/aromatic N) is 4. The molecule has 0 unspecified atom stereocenters. The summed E-state index contributed by atoms with van der Waals surface area (Å²) < 4.78 is 2.52. The zero-order chi connectivity index (χ0) is 33.7. The monoisotopic (exact) mass is 716 g/mol. The minimum Gasteiger partial charge on any atom is -0.0615 e. The van der Waals surface area contributed by atoms with Crippen molar-refractivity contribution in [2.75, 3.05) is 0 Å². The van der Waals surface area contributed by atoms with Gasteiger partial charge in [-0.3, -0.25) is 0 Å². The number of rotatable bonds is 5. The summed E-state index contributed by atoms with van der Waals surface area (Å²) in [5, 5.41) is 7.27. The third kappa shape index (κ3) is 5.31. The van der Waals surface area contributed by atoms with E-state index >= 15 is 0 Å². The average Bonchev–Trinajstić information content (AvgIpc) is 3.66. The van der Waals surface area contributed by atoms with Gasteiger partial charge in [-0.1, -0.05) is 60.7 Å². The van der Waals surface area contributed by atoms with Crippen LogP contribution in [0.1, 0.15) is 0 Å². The Morgan fingerprint density at radius 3 is 1.67 bits per heavy atom. The second-order valence-corrected chi connectivity index (χ2v) is 14.8. The molecule has 238 valence electrons. The standard InChI is InChI=1S/C46H28N4Se/c1-3-12-31(13-4-1)43-48-44(32-14-5-2-6-15-32)50-45(49-43)39-20-10-18-37-36(17-9-19-38(37)39)34-23-22-30-25-26-41-42(40(30)28-34)51-46(47-41)35-24-21-29-11-7-8-16-33(29)27-35/h1-28H. The molecule has 0 amide bonds. The molecule has 0 N–H and O–H groups in total. The molecule has 8 aromatic carbocycles. The molecule has 0 fully saturated rings. The fourth-order valence-electron chi connectivity index (χ4n) is 7.00. The van der Waals surface area contributed by atoms with Crippen LogP contribution in [0.3, 0.4) is 0 Å². The van der Waals surface area contributed by atoms with Crippen molar-refractivity contribution in [2.45, 2.75) is 0 Å². The Morgan fingerprint density at radius 2 is 0.922 bits per heavy atom. The average molecular weight is 716 g/mol. The molecule has 2 aromatic heterocycles. The van der Waals surface area contributed by atoms with Gasteiger partial charge in [-0.25, -0.2) is 0 Å². The fraction of sp³-hybridized carbons (Fsp3) is 0. The van der Waals surface area contributed by atoms with Gasteiger partial charge in [0, 0.05) is 0 Å². The molecule has 2 heterocycles. The Kier molecular flexibility index (Phi) is 7.12. The molecule has 0 atom stereocenters. The molecule has 0 saturated heterocycles. The molecule has 5 heteroatoms. The molecule has 4 nitrogen and oxygen atoms in total. The molecule has 0 aliphatic heterocycles. The van der Waals surface area contributed by atoms with Crippen molar-refractivity contribution < 1.29 is 0 Å². The molecule has 10 rings (SSSR count). The molecule has 0 spiro atoms. The smallest absolute Gasteiger partial charge is 0.0512 e. The Morgan fingerprint density at radius 1 is 0.333 bits per heavy atom. The predicted molar refractivity (Wildman–Crippen MR) is 212 cm³/mol. The van der Waals surface area contributed by atoms with E-state index in [2.05, 4.69) is 109 Å². The Hall–Kier alpha value is -6.26. The van der Waals surface area contributed by atoms with E-state index in [1.54, 1.807) is 0 Å². The number of fused-ring (bicyclic) bond motifs is 5. The Labute approximate surface area is 300 Å². The van der Waals surface area contributed by atoms with Crippen LogP contribution in [0.25, 0.3) is 97.5 Å². The first-order valence-corrected chi connectivity index (χ1v) is 18.7. The van der Waals surface area contributed by atoms with Crippen LogP contribution >= 0.6 is 0 Å². The molecule has 0 bridgehead atoms. The van der Waals surface area contributed by atoms with Crippen LogP contribution in [-0.2, 0) is 0 Å². The van der Waals surface area contributed by atoms with Crippen molar-refractivity contribution in [2.24, 2.45) is 0 Å². The van der Waals surface area contributed by atoms with E-state index in [-0.39, 0.29) is 14.5 Å². The number of hydrogen-bond acceptors (Lipinski definition) is 4. The maximum absolute atomic E-state index is 5.16. The van der Waals surface area contributed by atoms with Gasteiger partial charge in [0.1, 0.15) is 0 Å². The second kappa shape index (κ2) is 12.3. The van der Waals surface area contributed by atoms with Crippen molar-refractivity contribution >= 4 is 56.6 Å². The van der Waals surface area contributed by atoms with Crippen molar-refractivity contribution in [3.63, 3.8) is 0 Å². The maximum Gasteiger partial charge on any atom is -0.0512 e. The minimum absolute atomic E-state index is 0.0907. The number of hydrogen-bond donors (Lipinski definition) is 0. The van der Waals surface area contributed by atoms with Crippen molar-refractivity contribution in [3.8, 4) is 55.4 Å². The van der Waals surface area contributed by atoms with Gasteiger partial charge in [0.25, 0.3) is 0 Å². The van der Waals surface area contributed by atoms with Gasteiger partial charge in [0.05, 0.1) is 0 Å². The normalized spacial score (nSPS) is 11.5. The first kappa shape index (κ1) is 29.6. The predicted octanol–water partition coefficient (Wildman–Crippen LogP) is 11.3. The summed E-state index contributed by atoms with van der Waals surface area (Å²) in [6, 6.07) is 59.7. The summed E-state index contributed by atoms with van der Waals surface area (Å²) in [4.78, 5) is 20.2. The van der Waals surface area contributed by atoms with Gasteiger partial charge < -0.3 is 0 Å². The van der Waals surface area contributed by atoms with Crippen molar-refractivity contribution in [3.05, 3.63) is 170 Å². The van der Waals surface area contributed by atoms with Crippen LogP contribution in [0, 0.1) is 0 Å². The van der Waals surface area contributed by atoms with Crippen LogP contribution in [0.5, 0.6) is 0 Å². The molecule has 0 saturated carbocycles. The Bertz CT molecular complexity index is 2860. The van der Waals surface area contributed by atoms with Gasteiger partial charge in [-0.15, -0.1) is 0 Å². The number of aromatic nitrogens is 4. The first-order chi connectivity index (χ1) is 25.2. The zero-order valence-corrected chi connectivity index (χ0v) is 29.1. The van der Waals surface area contributed by atoms with E-state index in [9.17, 15) is 0 Å². The van der Waals surface area contributed by atoms with Crippen LogP contribution in [0.2, 0.25) is 0 Å². The van der Waals surface area contributed by atoms with Gasteiger partial charge >= 0.3 is 241 Å². The molecule has 51 heavy (non-hydrogen) atoms. The Balaban J connectivity index is 1.11. The number of benzene rings is 8. The molecule has 0 radical (unpaired) electrons. The van der Waals surface area contributed by atoms with E-state index in [0.29, 0.717) is 17.5 Å². The molecule has 10 aromatic rings. The first-order valence-electron chi connectivity index (χ1n) is 17.0. The second-order valence-electron chi connectivity index (χ2n) is 12.7. The van der Waals surface area contributed by atoms with E-state index in [0.717, 1.165) is 33.0 Å². The fourth-order valence-corrected chi connectivity index (χ4v) is 9.28. The van der Waals surface area contributed by atoms with E-state index < -0.39 is 0 Å². The molecular weight excluding hydrogens is 687 g/mol. The summed E-state index contributed by atoms with van der Waals surface area (Å²) >= 11 is 0.0907. The minimum atomic E-state index is 0.0907. The summed E-state index contributed by atoms with van der Waals surface area (Å²) in [6.07, 6.45) is 0. The summed E-state index contributed by atoms with van der Waals surface area (Å²) in [5.41, 5.74) is 7.54. The molecule has 0 aliphatic rings. The quantitative estimate of drug-likeness (QED) is 0.167. The van der Waals surface area contributed by atoms with Gasteiger partial charge in [-0.2, -0.15) is 0 Å². The summed E-state index contributed by atoms with van der Waals surface area (Å²) in [5.74, 6) is 1.97. The maximum atomic E-state index is 5.16. The van der Waals surface area contributed by atoms with Crippen molar-refractivity contribution in [1.29, 1.82) is 0 Å². The van der Waals surface area contributed by atoms with Crippen LogP contribution in [-0.4, -0.2) is 34.4 Å². The van der Waals surface area contributed by atoms with E-state index in [4.69, 9.17) is 19.9 Å². The van der Waals surface area contributed by atoms with Crippen LogP contribution in [0.4, 0.5) is 0 Å². The third-order valence-corrected chi connectivity index (χ3v) is 12.0.